The maximum atomic E-state index is 13.4. The summed E-state index contributed by atoms with van der Waals surface area (Å²) in [5.74, 6) is 0.000874. The molecule has 30 heavy (non-hydrogen) atoms. The van der Waals surface area contributed by atoms with Crippen LogP contribution in [0.15, 0.2) is 52.4 Å². The van der Waals surface area contributed by atoms with E-state index in [-0.39, 0.29) is 22.8 Å². The number of aromatic nitrogens is 2. The van der Waals surface area contributed by atoms with Crippen LogP contribution in [-0.2, 0) is 4.79 Å². The molecule has 1 aliphatic rings. The summed E-state index contributed by atoms with van der Waals surface area (Å²) in [6.45, 7) is 5.95. The normalized spacial score (nSPS) is 15.4. The summed E-state index contributed by atoms with van der Waals surface area (Å²) in [5.41, 5.74) is 3.57. The zero-order valence-electron chi connectivity index (χ0n) is 17.6. The fraction of sp³-hybridized carbons (Fsp3) is 0.375. The summed E-state index contributed by atoms with van der Waals surface area (Å²) >= 11 is 1.34. The molecule has 0 saturated heterocycles. The molecule has 156 valence electrons. The monoisotopic (exact) mass is 421 g/mol. The minimum absolute atomic E-state index is 0.000874. The van der Waals surface area contributed by atoms with Gasteiger partial charge in [0.05, 0.1) is 21.8 Å². The molecule has 1 fully saturated rings. The van der Waals surface area contributed by atoms with Crippen molar-refractivity contribution in [2.75, 3.05) is 0 Å². The van der Waals surface area contributed by atoms with Gasteiger partial charge in [-0.1, -0.05) is 42.8 Å². The Morgan fingerprint density at radius 3 is 2.60 bits per heavy atom. The molecule has 5 nitrogen and oxygen atoms in total. The van der Waals surface area contributed by atoms with E-state index in [9.17, 15) is 9.59 Å². The van der Waals surface area contributed by atoms with Crippen LogP contribution < -0.4 is 10.9 Å². The van der Waals surface area contributed by atoms with Crippen molar-refractivity contribution in [3.63, 3.8) is 0 Å². The number of carbonyl (C=O) groups excluding carboxylic acids is 1. The first-order valence-electron chi connectivity index (χ1n) is 10.5. The number of fused-ring (bicyclic) bond motifs is 1. The Hall–Kier alpha value is -2.60. The van der Waals surface area contributed by atoms with Crippen molar-refractivity contribution in [3.05, 3.63) is 63.9 Å². The predicted octanol–water partition coefficient (Wildman–Crippen LogP) is 4.54. The lowest BCUT2D eigenvalue weighted by atomic mass is 10.1. The lowest BCUT2D eigenvalue weighted by Crippen LogP contribution is -2.38. The Kier molecular flexibility index (Phi) is 5.95. The van der Waals surface area contributed by atoms with Crippen molar-refractivity contribution in [2.24, 2.45) is 0 Å². The van der Waals surface area contributed by atoms with Crippen molar-refractivity contribution < 1.29 is 4.79 Å². The van der Waals surface area contributed by atoms with Gasteiger partial charge < -0.3 is 5.32 Å². The standard InChI is InChI=1S/C24H27N3O2S/c1-15-12-13-19(14-16(15)2)27-23(29)20-10-6-7-11-21(20)26-24(27)30-17(3)22(28)25-18-8-4-5-9-18/h6-7,10-14,17-18H,4-5,8-9H2,1-3H3,(H,25,28)/t17-/m0/s1. The molecule has 1 amide bonds. The van der Waals surface area contributed by atoms with Gasteiger partial charge in [0, 0.05) is 6.04 Å². The summed E-state index contributed by atoms with van der Waals surface area (Å²) in [4.78, 5) is 30.9. The Labute approximate surface area is 180 Å². The topological polar surface area (TPSA) is 64.0 Å². The first kappa shape index (κ1) is 20.7. The molecule has 1 N–H and O–H groups in total. The highest BCUT2D eigenvalue weighted by Crippen LogP contribution is 2.27. The largest absolute Gasteiger partial charge is 0.352 e. The van der Waals surface area contributed by atoms with Crippen molar-refractivity contribution in [3.8, 4) is 5.69 Å². The van der Waals surface area contributed by atoms with Crippen LogP contribution in [0.4, 0.5) is 0 Å². The SMILES string of the molecule is Cc1ccc(-n2c(S[C@@H](C)C(=O)NC3CCCC3)nc3ccccc3c2=O)cc1C. The molecule has 3 aromatic rings. The molecule has 1 saturated carbocycles. The minimum Gasteiger partial charge on any atom is -0.352 e. The fourth-order valence-electron chi connectivity index (χ4n) is 3.88. The molecular formula is C24H27N3O2S. The molecule has 0 bridgehead atoms. The van der Waals surface area contributed by atoms with Crippen LogP contribution in [0.3, 0.4) is 0 Å². The second-order valence-corrected chi connectivity index (χ2v) is 9.38. The molecule has 2 aromatic carbocycles. The molecule has 0 radical (unpaired) electrons. The molecule has 0 aliphatic heterocycles. The average Bonchev–Trinajstić information content (AvgIpc) is 3.23. The Morgan fingerprint density at radius 1 is 1.13 bits per heavy atom. The number of amides is 1. The van der Waals surface area contributed by atoms with Gasteiger partial charge in [0.15, 0.2) is 5.16 Å². The maximum absolute atomic E-state index is 13.4. The van der Waals surface area contributed by atoms with Gasteiger partial charge in [-0.3, -0.25) is 14.2 Å². The van der Waals surface area contributed by atoms with Crippen LogP contribution in [0, 0.1) is 13.8 Å². The third-order valence-corrected chi connectivity index (χ3v) is 6.90. The number of para-hydroxylation sites is 1. The number of aryl methyl sites for hydroxylation is 2. The summed E-state index contributed by atoms with van der Waals surface area (Å²) in [7, 11) is 0. The van der Waals surface area contributed by atoms with E-state index in [1.807, 2.05) is 57.2 Å². The number of hydrogen-bond donors (Lipinski definition) is 1. The van der Waals surface area contributed by atoms with Crippen LogP contribution in [0.5, 0.6) is 0 Å². The molecular weight excluding hydrogens is 394 g/mol. The third kappa shape index (κ3) is 4.15. The highest BCUT2D eigenvalue weighted by molar-refractivity contribution is 8.00. The molecule has 1 atom stereocenters. The zero-order valence-corrected chi connectivity index (χ0v) is 18.5. The zero-order chi connectivity index (χ0) is 21.3. The maximum Gasteiger partial charge on any atom is 0.266 e. The molecule has 1 heterocycles. The molecule has 0 spiro atoms. The predicted molar refractivity (Wildman–Crippen MR) is 123 cm³/mol. The molecule has 4 rings (SSSR count). The lowest BCUT2D eigenvalue weighted by molar-refractivity contribution is -0.120. The number of benzene rings is 2. The van der Waals surface area contributed by atoms with E-state index in [1.54, 1.807) is 10.6 Å². The van der Waals surface area contributed by atoms with E-state index in [2.05, 4.69) is 5.32 Å². The van der Waals surface area contributed by atoms with E-state index in [0.717, 1.165) is 24.1 Å². The van der Waals surface area contributed by atoms with Crippen molar-refractivity contribution in [2.45, 2.75) is 62.9 Å². The van der Waals surface area contributed by atoms with Crippen LogP contribution in [-0.4, -0.2) is 26.8 Å². The third-order valence-electron chi connectivity index (χ3n) is 5.85. The number of thioether (sulfide) groups is 1. The number of hydrogen-bond acceptors (Lipinski definition) is 4. The second-order valence-electron chi connectivity index (χ2n) is 8.07. The highest BCUT2D eigenvalue weighted by Gasteiger charge is 2.24. The van der Waals surface area contributed by atoms with E-state index < -0.39 is 0 Å². The number of rotatable bonds is 5. The van der Waals surface area contributed by atoms with Gasteiger partial charge in [-0.05, 0) is 69.0 Å². The Balaban J connectivity index is 1.74. The number of nitrogens with one attached hydrogen (secondary N) is 1. The quantitative estimate of drug-likeness (QED) is 0.485. The van der Waals surface area contributed by atoms with E-state index >= 15 is 0 Å². The molecule has 1 aliphatic carbocycles. The lowest BCUT2D eigenvalue weighted by Gasteiger charge is -2.19. The van der Waals surface area contributed by atoms with Crippen molar-refractivity contribution in [1.82, 2.24) is 14.9 Å². The van der Waals surface area contributed by atoms with Gasteiger partial charge in [0.25, 0.3) is 5.56 Å². The first-order chi connectivity index (χ1) is 14.4. The van der Waals surface area contributed by atoms with Crippen LogP contribution in [0.1, 0.15) is 43.7 Å². The summed E-state index contributed by atoms with van der Waals surface area (Å²) in [6, 6.07) is 13.6. The van der Waals surface area contributed by atoms with Gasteiger partial charge in [-0.15, -0.1) is 0 Å². The fourth-order valence-corrected chi connectivity index (χ4v) is 4.82. The smallest absolute Gasteiger partial charge is 0.266 e. The Morgan fingerprint density at radius 2 is 1.87 bits per heavy atom. The van der Waals surface area contributed by atoms with Gasteiger partial charge in [0.1, 0.15) is 0 Å². The molecule has 6 heteroatoms. The number of nitrogens with zero attached hydrogens (tertiary/aromatic N) is 2. The molecule has 1 aromatic heterocycles. The summed E-state index contributed by atoms with van der Waals surface area (Å²) in [5, 5.41) is 3.91. The second kappa shape index (κ2) is 8.64. The van der Waals surface area contributed by atoms with E-state index in [0.29, 0.717) is 16.1 Å². The van der Waals surface area contributed by atoms with Crippen molar-refractivity contribution in [1.29, 1.82) is 0 Å². The van der Waals surface area contributed by atoms with Gasteiger partial charge in [0.2, 0.25) is 5.91 Å². The summed E-state index contributed by atoms with van der Waals surface area (Å²) in [6.07, 6.45) is 4.44. The average molecular weight is 422 g/mol. The minimum atomic E-state index is -0.351. The van der Waals surface area contributed by atoms with Gasteiger partial charge in [-0.2, -0.15) is 0 Å². The molecule has 0 unspecified atom stereocenters. The van der Waals surface area contributed by atoms with E-state index in [4.69, 9.17) is 4.98 Å². The van der Waals surface area contributed by atoms with Crippen molar-refractivity contribution >= 4 is 28.6 Å². The highest BCUT2D eigenvalue weighted by atomic mass is 32.2. The van der Waals surface area contributed by atoms with Crippen LogP contribution in [0.2, 0.25) is 0 Å². The number of carbonyl (C=O) groups is 1. The Bertz CT molecular complexity index is 1150. The first-order valence-corrected chi connectivity index (χ1v) is 11.4. The van der Waals surface area contributed by atoms with Crippen LogP contribution >= 0.6 is 11.8 Å². The van der Waals surface area contributed by atoms with Gasteiger partial charge >= 0.3 is 0 Å². The van der Waals surface area contributed by atoms with E-state index in [1.165, 1.54) is 30.2 Å². The summed E-state index contributed by atoms with van der Waals surface area (Å²) < 4.78 is 1.64. The van der Waals surface area contributed by atoms with Gasteiger partial charge in [-0.25, -0.2) is 4.98 Å². The van der Waals surface area contributed by atoms with Crippen LogP contribution in [0.25, 0.3) is 16.6 Å².